The molecule has 5 heteroatoms. The molecule has 0 unspecified atom stereocenters. The molecule has 0 radical (unpaired) electrons. The van der Waals surface area contributed by atoms with Crippen LogP contribution in [0.2, 0.25) is 0 Å². The molecule has 25 heavy (non-hydrogen) atoms. The molecule has 0 N–H and O–H groups in total. The van der Waals surface area contributed by atoms with Gasteiger partial charge >= 0.3 is 0 Å². The number of hydrogen-bond acceptors (Lipinski definition) is 4. The van der Waals surface area contributed by atoms with Crippen LogP contribution >= 0.6 is 0 Å². The van der Waals surface area contributed by atoms with Crippen molar-refractivity contribution in [3.8, 4) is 5.75 Å². The third-order valence-corrected chi connectivity index (χ3v) is 5.70. The van der Waals surface area contributed by atoms with Gasteiger partial charge in [-0.3, -0.25) is 9.69 Å². The molecule has 0 aromatic heterocycles. The maximum Gasteiger partial charge on any atom is 0.253 e. The van der Waals surface area contributed by atoms with Gasteiger partial charge in [-0.05, 0) is 57.0 Å². The number of ether oxygens (including phenoxy) is 2. The standard InChI is InChI=1S/C20H28N2O3/c23-20(16-7-8-19-17(12-16)14-24-15-25-19)22-11-5-6-18(13-22)21-9-3-1-2-4-10-21/h7-8,12,18H,1-6,9-11,13-15H2/t18-/m0/s1. The number of nitrogens with zero attached hydrogens (tertiary/aromatic N) is 2. The lowest BCUT2D eigenvalue weighted by molar-refractivity contribution is -0.0164. The van der Waals surface area contributed by atoms with Gasteiger partial charge in [-0.2, -0.15) is 0 Å². The minimum absolute atomic E-state index is 0.146. The molecule has 2 saturated heterocycles. The molecule has 1 atom stereocenters. The molecule has 136 valence electrons. The van der Waals surface area contributed by atoms with Gasteiger partial charge in [0.2, 0.25) is 0 Å². The summed E-state index contributed by atoms with van der Waals surface area (Å²) in [4.78, 5) is 17.7. The number of piperidine rings is 1. The Balaban J connectivity index is 1.44. The van der Waals surface area contributed by atoms with Crippen LogP contribution in [0.3, 0.4) is 0 Å². The average molecular weight is 344 g/mol. The van der Waals surface area contributed by atoms with Crippen LogP contribution in [0, 0.1) is 0 Å². The van der Waals surface area contributed by atoms with Gasteiger partial charge < -0.3 is 14.4 Å². The number of carbonyl (C=O) groups is 1. The zero-order valence-corrected chi connectivity index (χ0v) is 14.9. The maximum atomic E-state index is 13.0. The van der Waals surface area contributed by atoms with E-state index in [1.807, 2.05) is 23.1 Å². The van der Waals surface area contributed by atoms with Gasteiger partial charge in [0.25, 0.3) is 5.91 Å². The number of benzene rings is 1. The molecular weight excluding hydrogens is 316 g/mol. The van der Waals surface area contributed by atoms with Crippen molar-refractivity contribution in [3.63, 3.8) is 0 Å². The van der Waals surface area contributed by atoms with Gasteiger partial charge in [-0.1, -0.05) is 12.8 Å². The summed E-state index contributed by atoms with van der Waals surface area (Å²) in [5.74, 6) is 0.983. The van der Waals surface area contributed by atoms with Crippen LogP contribution < -0.4 is 4.74 Å². The Kier molecular flexibility index (Phi) is 5.22. The predicted octanol–water partition coefficient (Wildman–Crippen LogP) is 3.03. The van der Waals surface area contributed by atoms with Crippen LogP contribution in [0.15, 0.2) is 18.2 Å². The maximum absolute atomic E-state index is 13.0. The van der Waals surface area contributed by atoms with Crippen molar-refractivity contribution < 1.29 is 14.3 Å². The van der Waals surface area contributed by atoms with Gasteiger partial charge in [0.05, 0.1) is 6.61 Å². The van der Waals surface area contributed by atoms with Gasteiger partial charge in [0.15, 0.2) is 6.79 Å². The van der Waals surface area contributed by atoms with E-state index in [0.29, 0.717) is 19.4 Å². The first-order valence-electron chi connectivity index (χ1n) is 9.68. The number of fused-ring (bicyclic) bond motifs is 1. The Morgan fingerprint density at radius 1 is 1.04 bits per heavy atom. The molecule has 3 heterocycles. The van der Waals surface area contributed by atoms with E-state index in [4.69, 9.17) is 9.47 Å². The molecule has 5 nitrogen and oxygen atoms in total. The lowest BCUT2D eigenvalue weighted by Gasteiger charge is -2.39. The molecule has 2 fully saturated rings. The van der Waals surface area contributed by atoms with Gasteiger partial charge in [0, 0.05) is 30.3 Å². The first kappa shape index (κ1) is 16.9. The zero-order chi connectivity index (χ0) is 17.1. The highest BCUT2D eigenvalue weighted by Gasteiger charge is 2.29. The van der Waals surface area contributed by atoms with Gasteiger partial charge in [-0.15, -0.1) is 0 Å². The highest BCUT2D eigenvalue weighted by atomic mass is 16.7. The van der Waals surface area contributed by atoms with Crippen molar-refractivity contribution in [1.29, 1.82) is 0 Å². The fraction of sp³-hybridized carbons (Fsp3) is 0.650. The molecular formula is C20H28N2O3. The minimum Gasteiger partial charge on any atom is -0.467 e. The molecule has 4 rings (SSSR count). The number of carbonyl (C=O) groups excluding carboxylic acids is 1. The molecule has 0 aliphatic carbocycles. The van der Waals surface area contributed by atoms with E-state index in [-0.39, 0.29) is 5.91 Å². The van der Waals surface area contributed by atoms with E-state index < -0.39 is 0 Å². The molecule has 0 spiro atoms. The summed E-state index contributed by atoms with van der Waals surface area (Å²) in [6.07, 6.45) is 7.63. The van der Waals surface area contributed by atoms with Crippen molar-refractivity contribution >= 4 is 5.91 Å². The van der Waals surface area contributed by atoms with E-state index in [0.717, 1.165) is 36.4 Å². The Labute approximate surface area is 149 Å². The minimum atomic E-state index is 0.146. The largest absolute Gasteiger partial charge is 0.467 e. The fourth-order valence-corrected chi connectivity index (χ4v) is 4.30. The van der Waals surface area contributed by atoms with Crippen LogP contribution in [0.4, 0.5) is 0 Å². The van der Waals surface area contributed by atoms with Crippen LogP contribution in [-0.2, 0) is 11.3 Å². The topological polar surface area (TPSA) is 42.0 Å². The van der Waals surface area contributed by atoms with E-state index in [9.17, 15) is 4.79 Å². The van der Waals surface area contributed by atoms with Crippen LogP contribution in [0.1, 0.15) is 54.4 Å². The fourth-order valence-electron chi connectivity index (χ4n) is 4.30. The smallest absolute Gasteiger partial charge is 0.253 e. The van der Waals surface area contributed by atoms with Gasteiger partial charge in [0.1, 0.15) is 5.75 Å². The Morgan fingerprint density at radius 3 is 2.72 bits per heavy atom. The second-order valence-corrected chi connectivity index (χ2v) is 7.43. The SMILES string of the molecule is O=C(c1ccc2c(c1)COCO2)N1CCC[C@H](N2CCCCCC2)C1. The van der Waals surface area contributed by atoms with E-state index >= 15 is 0 Å². The van der Waals surface area contributed by atoms with Crippen LogP contribution in [-0.4, -0.2) is 54.7 Å². The van der Waals surface area contributed by atoms with Crippen molar-refractivity contribution in [1.82, 2.24) is 9.80 Å². The highest BCUT2D eigenvalue weighted by molar-refractivity contribution is 5.94. The summed E-state index contributed by atoms with van der Waals surface area (Å²) in [6, 6.07) is 6.26. The van der Waals surface area contributed by atoms with Crippen LogP contribution in [0.5, 0.6) is 5.75 Å². The number of likely N-dealkylation sites (tertiary alicyclic amines) is 2. The predicted molar refractivity (Wildman–Crippen MR) is 95.7 cm³/mol. The molecule has 0 bridgehead atoms. The molecule has 3 aliphatic rings. The summed E-state index contributed by atoms with van der Waals surface area (Å²) >= 11 is 0. The lowest BCUT2D eigenvalue weighted by Crippen LogP contribution is -2.50. The third kappa shape index (κ3) is 3.82. The molecule has 3 aliphatic heterocycles. The van der Waals surface area contributed by atoms with Crippen molar-refractivity contribution in [2.24, 2.45) is 0 Å². The quantitative estimate of drug-likeness (QED) is 0.827. The first-order chi connectivity index (χ1) is 12.3. The van der Waals surface area contributed by atoms with Crippen molar-refractivity contribution in [2.45, 2.75) is 51.2 Å². The monoisotopic (exact) mass is 344 g/mol. The lowest BCUT2D eigenvalue weighted by atomic mass is 10.0. The zero-order valence-electron chi connectivity index (χ0n) is 14.9. The summed E-state index contributed by atoms with van der Waals surface area (Å²) in [5.41, 5.74) is 1.72. The summed E-state index contributed by atoms with van der Waals surface area (Å²) in [7, 11) is 0. The molecule has 1 amide bonds. The summed E-state index contributed by atoms with van der Waals surface area (Å²) in [5, 5.41) is 0. The number of amides is 1. The van der Waals surface area contributed by atoms with Crippen molar-refractivity contribution in [2.75, 3.05) is 33.0 Å². The molecule has 0 saturated carbocycles. The molecule has 1 aromatic carbocycles. The Bertz CT molecular complexity index is 611. The summed E-state index contributed by atoms with van der Waals surface area (Å²) < 4.78 is 10.8. The third-order valence-electron chi connectivity index (χ3n) is 5.70. The van der Waals surface area contributed by atoms with E-state index in [1.54, 1.807) is 0 Å². The second-order valence-electron chi connectivity index (χ2n) is 7.43. The normalized spacial score (nSPS) is 25.0. The van der Waals surface area contributed by atoms with Crippen LogP contribution in [0.25, 0.3) is 0 Å². The first-order valence-corrected chi connectivity index (χ1v) is 9.68. The average Bonchev–Trinajstić information content (AvgIpc) is 2.97. The van der Waals surface area contributed by atoms with E-state index in [2.05, 4.69) is 4.90 Å². The highest BCUT2D eigenvalue weighted by Crippen LogP contribution is 2.26. The van der Waals surface area contributed by atoms with E-state index in [1.165, 1.54) is 45.2 Å². The second kappa shape index (κ2) is 7.75. The number of hydrogen-bond donors (Lipinski definition) is 0. The Hall–Kier alpha value is -1.59. The molecule has 1 aromatic rings. The number of rotatable bonds is 2. The van der Waals surface area contributed by atoms with Gasteiger partial charge in [-0.25, -0.2) is 0 Å². The Morgan fingerprint density at radius 2 is 1.88 bits per heavy atom. The summed E-state index contributed by atoms with van der Waals surface area (Å²) in [6.45, 7) is 4.94. The van der Waals surface area contributed by atoms with Crippen molar-refractivity contribution in [3.05, 3.63) is 29.3 Å².